The number of benzene rings is 3. The van der Waals surface area contributed by atoms with Gasteiger partial charge in [0.1, 0.15) is 12.6 Å². The van der Waals surface area contributed by atoms with E-state index in [1.807, 2.05) is 64.1 Å². The van der Waals surface area contributed by atoms with Crippen molar-refractivity contribution in [2.45, 2.75) is 51.6 Å². The Bertz CT molecular complexity index is 1340. The number of amides is 2. The SMILES string of the molecule is CC[C@H](C(=O)NC)N(Cc1ccccc1C)C(=O)CN(c1ccc(C)cc1)S(=O)(=O)c1ccc(C)cc1. The van der Waals surface area contributed by atoms with Crippen LogP contribution in [0.3, 0.4) is 0 Å². The first-order valence-corrected chi connectivity index (χ1v) is 13.7. The zero-order valence-electron chi connectivity index (χ0n) is 22.1. The third-order valence-corrected chi connectivity index (χ3v) is 8.23. The van der Waals surface area contributed by atoms with E-state index in [1.54, 1.807) is 36.4 Å². The number of anilines is 1. The predicted molar refractivity (Wildman–Crippen MR) is 147 cm³/mol. The summed E-state index contributed by atoms with van der Waals surface area (Å²) < 4.78 is 28.7. The Labute approximate surface area is 220 Å². The fraction of sp³-hybridized carbons (Fsp3) is 0.310. The highest BCUT2D eigenvalue weighted by Crippen LogP contribution is 2.25. The lowest BCUT2D eigenvalue weighted by Gasteiger charge is -2.33. The molecule has 3 aromatic rings. The molecule has 3 rings (SSSR count). The number of rotatable bonds is 10. The van der Waals surface area contributed by atoms with E-state index in [4.69, 9.17) is 0 Å². The van der Waals surface area contributed by atoms with Crippen LogP contribution in [0.4, 0.5) is 5.69 Å². The normalized spacial score (nSPS) is 12.0. The molecule has 0 heterocycles. The van der Waals surface area contributed by atoms with Gasteiger partial charge in [-0.05, 0) is 62.6 Å². The highest BCUT2D eigenvalue weighted by molar-refractivity contribution is 7.92. The van der Waals surface area contributed by atoms with Gasteiger partial charge in [0.2, 0.25) is 11.8 Å². The molecule has 7 nitrogen and oxygen atoms in total. The Balaban J connectivity index is 2.06. The molecule has 0 saturated carbocycles. The van der Waals surface area contributed by atoms with E-state index in [1.165, 1.54) is 11.9 Å². The fourth-order valence-electron chi connectivity index (χ4n) is 4.13. The third-order valence-electron chi connectivity index (χ3n) is 6.44. The van der Waals surface area contributed by atoms with Crippen LogP contribution in [0.25, 0.3) is 0 Å². The number of hydrogen-bond acceptors (Lipinski definition) is 4. The van der Waals surface area contributed by atoms with Crippen molar-refractivity contribution in [2.75, 3.05) is 17.9 Å². The average Bonchev–Trinajstić information content (AvgIpc) is 2.88. The van der Waals surface area contributed by atoms with Crippen molar-refractivity contribution in [3.8, 4) is 0 Å². The molecule has 0 aromatic heterocycles. The first-order chi connectivity index (χ1) is 17.6. The van der Waals surface area contributed by atoms with E-state index < -0.39 is 28.5 Å². The van der Waals surface area contributed by atoms with Gasteiger partial charge in [-0.15, -0.1) is 0 Å². The molecular weight excluding hydrogens is 486 g/mol. The van der Waals surface area contributed by atoms with Gasteiger partial charge in [-0.3, -0.25) is 13.9 Å². The molecule has 0 fully saturated rings. The van der Waals surface area contributed by atoms with Crippen LogP contribution in [0.15, 0.2) is 77.7 Å². The molecule has 0 unspecified atom stereocenters. The number of nitrogens with one attached hydrogen (secondary N) is 1. The van der Waals surface area contributed by atoms with Crippen molar-refractivity contribution in [2.24, 2.45) is 0 Å². The summed E-state index contributed by atoms with van der Waals surface area (Å²) in [5.41, 5.74) is 4.15. The van der Waals surface area contributed by atoms with E-state index in [9.17, 15) is 18.0 Å². The van der Waals surface area contributed by atoms with Gasteiger partial charge in [-0.25, -0.2) is 8.42 Å². The van der Waals surface area contributed by atoms with Gasteiger partial charge < -0.3 is 10.2 Å². The Kier molecular flexibility index (Phi) is 9.10. The molecule has 196 valence electrons. The standard InChI is InChI=1S/C29H35N3O4S/c1-6-27(29(34)30-5)31(19-24-10-8-7-9-23(24)4)28(33)20-32(25-15-11-21(2)12-16-25)37(35,36)26-17-13-22(3)14-18-26/h7-18,27H,6,19-20H2,1-5H3,(H,30,34)/t27-/m1/s1. The molecule has 0 spiro atoms. The van der Waals surface area contributed by atoms with Gasteiger partial charge in [-0.1, -0.05) is 66.6 Å². The molecular formula is C29H35N3O4S. The van der Waals surface area contributed by atoms with Crippen LogP contribution in [-0.2, 0) is 26.2 Å². The summed E-state index contributed by atoms with van der Waals surface area (Å²) in [6, 6.07) is 20.4. The van der Waals surface area contributed by atoms with E-state index in [-0.39, 0.29) is 17.3 Å². The predicted octanol–water partition coefficient (Wildman–Crippen LogP) is 4.36. The lowest BCUT2D eigenvalue weighted by Crippen LogP contribution is -2.51. The lowest BCUT2D eigenvalue weighted by molar-refractivity contribution is -0.140. The maximum Gasteiger partial charge on any atom is 0.264 e. The molecule has 1 atom stereocenters. The summed E-state index contributed by atoms with van der Waals surface area (Å²) in [7, 11) is -2.54. The zero-order valence-corrected chi connectivity index (χ0v) is 22.9. The highest BCUT2D eigenvalue weighted by Gasteiger charge is 2.33. The van der Waals surface area contributed by atoms with Gasteiger partial charge in [-0.2, -0.15) is 0 Å². The van der Waals surface area contributed by atoms with Crippen LogP contribution >= 0.6 is 0 Å². The van der Waals surface area contributed by atoms with Gasteiger partial charge in [0.25, 0.3) is 10.0 Å². The molecule has 8 heteroatoms. The summed E-state index contributed by atoms with van der Waals surface area (Å²) >= 11 is 0. The molecule has 0 bridgehead atoms. The lowest BCUT2D eigenvalue weighted by atomic mass is 10.1. The van der Waals surface area contributed by atoms with E-state index in [2.05, 4.69) is 5.32 Å². The van der Waals surface area contributed by atoms with Crippen molar-refractivity contribution >= 4 is 27.5 Å². The summed E-state index contributed by atoms with van der Waals surface area (Å²) in [5.74, 6) is -0.761. The Hall–Kier alpha value is -3.65. The molecule has 0 saturated heterocycles. The second-order valence-electron chi connectivity index (χ2n) is 9.15. The van der Waals surface area contributed by atoms with Crippen LogP contribution < -0.4 is 9.62 Å². The Morgan fingerprint density at radius 2 is 1.43 bits per heavy atom. The van der Waals surface area contributed by atoms with Gasteiger partial charge >= 0.3 is 0 Å². The topological polar surface area (TPSA) is 86.8 Å². The second kappa shape index (κ2) is 12.1. The van der Waals surface area contributed by atoms with Gasteiger partial charge in [0.15, 0.2) is 0 Å². The third kappa shape index (κ3) is 6.57. The fourth-order valence-corrected chi connectivity index (χ4v) is 5.55. The van der Waals surface area contributed by atoms with E-state index >= 15 is 0 Å². The van der Waals surface area contributed by atoms with Crippen LogP contribution in [-0.4, -0.2) is 44.8 Å². The summed E-state index contributed by atoms with van der Waals surface area (Å²) in [5, 5.41) is 2.64. The quantitative estimate of drug-likeness (QED) is 0.430. The smallest absolute Gasteiger partial charge is 0.264 e. The summed E-state index contributed by atoms with van der Waals surface area (Å²) in [4.78, 5) is 28.2. The van der Waals surface area contributed by atoms with Crippen LogP contribution in [0, 0.1) is 20.8 Å². The maximum absolute atomic E-state index is 13.9. The summed E-state index contributed by atoms with van der Waals surface area (Å²) in [6.07, 6.45) is 0.381. The molecule has 0 radical (unpaired) electrons. The van der Waals surface area contributed by atoms with Gasteiger partial charge in [0.05, 0.1) is 10.6 Å². The monoisotopic (exact) mass is 521 g/mol. The van der Waals surface area contributed by atoms with Crippen molar-refractivity contribution in [3.05, 3.63) is 95.1 Å². The van der Waals surface area contributed by atoms with Crippen molar-refractivity contribution in [1.82, 2.24) is 10.2 Å². The maximum atomic E-state index is 13.9. The molecule has 0 aliphatic rings. The number of carbonyl (C=O) groups excluding carboxylic acids is 2. The van der Waals surface area contributed by atoms with Crippen LogP contribution in [0.5, 0.6) is 0 Å². The largest absolute Gasteiger partial charge is 0.357 e. The number of aryl methyl sites for hydroxylation is 3. The number of nitrogens with zero attached hydrogens (tertiary/aromatic N) is 2. The van der Waals surface area contributed by atoms with Crippen molar-refractivity contribution in [3.63, 3.8) is 0 Å². The molecule has 1 N–H and O–H groups in total. The number of sulfonamides is 1. The first kappa shape index (κ1) is 27.9. The van der Waals surface area contributed by atoms with Gasteiger partial charge in [0, 0.05) is 13.6 Å². The minimum absolute atomic E-state index is 0.0928. The minimum atomic E-state index is -4.07. The van der Waals surface area contributed by atoms with E-state index in [0.717, 1.165) is 26.6 Å². The second-order valence-corrected chi connectivity index (χ2v) is 11.0. The molecule has 3 aromatic carbocycles. The number of carbonyl (C=O) groups is 2. The Morgan fingerprint density at radius 3 is 1.97 bits per heavy atom. The van der Waals surface area contributed by atoms with Crippen LogP contribution in [0.2, 0.25) is 0 Å². The molecule has 37 heavy (non-hydrogen) atoms. The number of likely N-dealkylation sites (N-methyl/N-ethyl adjacent to an activating group) is 1. The van der Waals surface area contributed by atoms with Crippen molar-refractivity contribution < 1.29 is 18.0 Å². The van der Waals surface area contributed by atoms with E-state index in [0.29, 0.717) is 12.1 Å². The first-order valence-electron chi connectivity index (χ1n) is 12.3. The molecule has 0 aliphatic heterocycles. The highest BCUT2D eigenvalue weighted by atomic mass is 32.2. The van der Waals surface area contributed by atoms with Crippen LogP contribution in [0.1, 0.15) is 35.6 Å². The zero-order chi connectivity index (χ0) is 27.2. The van der Waals surface area contributed by atoms with Crippen molar-refractivity contribution in [1.29, 1.82) is 0 Å². The average molecular weight is 522 g/mol. The minimum Gasteiger partial charge on any atom is -0.357 e. The molecule has 2 amide bonds. The summed E-state index contributed by atoms with van der Waals surface area (Å²) in [6.45, 7) is 7.30. The number of hydrogen-bond donors (Lipinski definition) is 1. The molecule has 0 aliphatic carbocycles. The Morgan fingerprint density at radius 1 is 0.865 bits per heavy atom.